The molecular weight excluding hydrogens is 315 g/mol. The van der Waals surface area contributed by atoms with Gasteiger partial charge in [-0.05, 0) is 24.5 Å². The third-order valence-corrected chi connectivity index (χ3v) is 4.27. The van der Waals surface area contributed by atoms with Gasteiger partial charge in [-0.25, -0.2) is 14.4 Å². The van der Waals surface area contributed by atoms with Gasteiger partial charge in [-0.2, -0.15) is 0 Å². The van der Waals surface area contributed by atoms with Crippen molar-refractivity contribution in [2.75, 3.05) is 33.0 Å². The van der Waals surface area contributed by atoms with Gasteiger partial charge in [-0.3, -0.25) is 0 Å². The van der Waals surface area contributed by atoms with E-state index < -0.39 is 5.67 Å². The average molecular weight is 338 g/mol. The van der Waals surface area contributed by atoms with Crippen molar-refractivity contribution in [2.45, 2.75) is 37.6 Å². The zero-order chi connectivity index (χ0) is 16.8. The Hall–Kier alpha value is -1.41. The maximum Gasteiger partial charge on any atom is 0.155 e. The Morgan fingerprint density at radius 3 is 3.04 bits per heavy atom. The van der Waals surface area contributed by atoms with Crippen molar-refractivity contribution in [2.24, 2.45) is 0 Å². The third-order valence-electron chi connectivity index (χ3n) is 4.27. The van der Waals surface area contributed by atoms with E-state index in [1.807, 2.05) is 6.08 Å². The Kier molecular flexibility index (Phi) is 5.89. The molecule has 1 aromatic heterocycles. The number of hydrogen-bond donors (Lipinski definition) is 1. The summed E-state index contributed by atoms with van der Waals surface area (Å²) in [6.45, 7) is 1.95. The summed E-state index contributed by atoms with van der Waals surface area (Å²) in [5.41, 5.74) is 0.117. The molecule has 7 heteroatoms. The number of hydrogen-bond acceptors (Lipinski definition) is 6. The fraction of sp³-hybridized carbons (Fsp3) is 0.647. The molecule has 132 valence electrons. The smallest absolute Gasteiger partial charge is 0.155 e. The fourth-order valence-electron chi connectivity index (χ4n) is 2.85. The normalized spacial score (nSPS) is 27.8. The minimum absolute atomic E-state index is 0.0498. The van der Waals surface area contributed by atoms with Gasteiger partial charge in [0.15, 0.2) is 5.82 Å². The van der Waals surface area contributed by atoms with Crippen LogP contribution in [0.2, 0.25) is 0 Å². The van der Waals surface area contributed by atoms with Gasteiger partial charge in [0.1, 0.15) is 11.8 Å². The number of allylic oxidation sites excluding steroid dienone is 2. The second-order valence-corrected chi connectivity index (χ2v) is 6.20. The van der Waals surface area contributed by atoms with E-state index in [0.29, 0.717) is 50.8 Å². The quantitative estimate of drug-likeness (QED) is 0.851. The Bertz CT molecular complexity index is 577. The number of aliphatic hydroxyl groups is 1. The first-order valence-corrected chi connectivity index (χ1v) is 8.27. The van der Waals surface area contributed by atoms with Gasteiger partial charge in [0.05, 0.1) is 45.3 Å². The lowest BCUT2D eigenvalue weighted by atomic mass is 9.87. The van der Waals surface area contributed by atoms with Crippen LogP contribution in [0.3, 0.4) is 0 Å². The van der Waals surface area contributed by atoms with Crippen molar-refractivity contribution in [1.29, 1.82) is 0 Å². The van der Waals surface area contributed by atoms with Crippen LogP contribution in [0.4, 0.5) is 4.39 Å². The molecule has 1 fully saturated rings. The Morgan fingerprint density at radius 2 is 2.33 bits per heavy atom. The first-order valence-electron chi connectivity index (χ1n) is 8.27. The van der Waals surface area contributed by atoms with Crippen LogP contribution in [0.1, 0.15) is 30.8 Å². The minimum atomic E-state index is -1.37. The predicted octanol–water partition coefficient (Wildman–Crippen LogP) is 1.68. The number of nitrogens with zero attached hydrogens (tertiary/aromatic N) is 2. The van der Waals surface area contributed by atoms with Crippen LogP contribution in [0.25, 0.3) is 5.57 Å². The molecule has 0 unspecified atom stereocenters. The zero-order valence-corrected chi connectivity index (χ0v) is 13.6. The molecule has 2 aliphatic rings. The number of alkyl halides is 1. The van der Waals surface area contributed by atoms with Crippen LogP contribution in [-0.2, 0) is 20.8 Å². The van der Waals surface area contributed by atoms with Gasteiger partial charge in [0.25, 0.3) is 0 Å². The van der Waals surface area contributed by atoms with Crippen molar-refractivity contribution in [3.05, 3.63) is 29.9 Å². The highest BCUT2D eigenvalue weighted by Crippen LogP contribution is 2.34. The predicted molar refractivity (Wildman–Crippen MR) is 85.0 cm³/mol. The highest BCUT2D eigenvalue weighted by molar-refractivity contribution is 5.61. The summed E-state index contributed by atoms with van der Waals surface area (Å²) in [6, 6.07) is 1.66. The van der Waals surface area contributed by atoms with Gasteiger partial charge >= 0.3 is 0 Å². The number of aliphatic hydroxyl groups excluding tert-OH is 1. The van der Waals surface area contributed by atoms with Crippen LogP contribution in [0.5, 0.6) is 0 Å². The topological polar surface area (TPSA) is 73.7 Å². The third kappa shape index (κ3) is 4.57. The van der Waals surface area contributed by atoms with Crippen LogP contribution in [0, 0.1) is 0 Å². The molecule has 1 N–H and O–H groups in total. The largest absolute Gasteiger partial charge is 0.390 e. The van der Waals surface area contributed by atoms with E-state index >= 15 is 0 Å². The van der Waals surface area contributed by atoms with E-state index in [2.05, 4.69) is 9.97 Å². The summed E-state index contributed by atoms with van der Waals surface area (Å²) >= 11 is 0. The van der Waals surface area contributed by atoms with Crippen LogP contribution < -0.4 is 0 Å². The number of ether oxygens (including phenoxy) is 3. The van der Waals surface area contributed by atoms with Crippen molar-refractivity contribution in [3.63, 3.8) is 0 Å². The molecule has 3 rings (SSSR count). The molecule has 1 aliphatic heterocycles. The molecule has 2 atom stereocenters. The Balaban J connectivity index is 1.51. The van der Waals surface area contributed by atoms with Crippen LogP contribution in [-0.4, -0.2) is 59.9 Å². The summed E-state index contributed by atoms with van der Waals surface area (Å²) in [5.74, 6) is 0.567. The molecule has 2 heterocycles. The lowest BCUT2D eigenvalue weighted by Crippen LogP contribution is -2.36. The lowest BCUT2D eigenvalue weighted by Gasteiger charge is -2.29. The molecule has 0 spiro atoms. The number of aromatic nitrogens is 2. The molecule has 0 aromatic carbocycles. The molecule has 1 saturated heterocycles. The summed E-state index contributed by atoms with van der Waals surface area (Å²) in [6.07, 6.45) is 4.54. The standard InChI is InChI=1S/C17H23FN2O4/c18-17(12-23-11-15-10-22-7-8-24-15)4-1-13(2-5-17)16-19-6-3-14(9-21)20-16/h1,3,6,15,21H,2,4-5,7-12H2/t15-,17+/m1/s1. The van der Waals surface area contributed by atoms with Gasteiger partial charge < -0.3 is 19.3 Å². The van der Waals surface area contributed by atoms with Crippen molar-refractivity contribution in [3.8, 4) is 0 Å². The average Bonchev–Trinajstić information content (AvgIpc) is 2.63. The van der Waals surface area contributed by atoms with Crippen LogP contribution in [0.15, 0.2) is 18.3 Å². The SMILES string of the molecule is OCc1ccnc(C2=CC[C@@](F)(COC[C@H]3COCCO3)CC2)n1. The first kappa shape index (κ1) is 17.4. The second kappa shape index (κ2) is 8.11. The van der Waals surface area contributed by atoms with E-state index in [4.69, 9.17) is 19.3 Å². The molecule has 6 nitrogen and oxygen atoms in total. The fourth-order valence-corrected chi connectivity index (χ4v) is 2.85. The van der Waals surface area contributed by atoms with E-state index in [1.54, 1.807) is 12.3 Å². The van der Waals surface area contributed by atoms with Gasteiger partial charge in [0.2, 0.25) is 0 Å². The van der Waals surface area contributed by atoms with Crippen molar-refractivity contribution >= 4 is 5.57 Å². The van der Waals surface area contributed by atoms with Gasteiger partial charge in [-0.1, -0.05) is 6.08 Å². The lowest BCUT2D eigenvalue weighted by molar-refractivity contribution is -0.123. The maximum absolute atomic E-state index is 14.8. The monoisotopic (exact) mass is 338 g/mol. The molecule has 0 radical (unpaired) electrons. The highest BCUT2D eigenvalue weighted by Gasteiger charge is 2.33. The summed E-state index contributed by atoms with van der Waals surface area (Å²) in [4.78, 5) is 8.48. The van der Waals surface area contributed by atoms with Crippen molar-refractivity contribution in [1.82, 2.24) is 9.97 Å². The van der Waals surface area contributed by atoms with Crippen LogP contribution >= 0.6 is 0 Å². The molecule has 1 aliphatic carbocycles. The molecular formula is C17H23FN2O4. The van der Waals surface area contributed by atoms with Gasteiger partial charge in [-0.15, -0.1) is 0 Å². The Labute approximate surface area is 140 Å². The summed E-state index contributed by atoms with van der Waals surface area (Å²) in [5, 5.41) is 9.14. The molecule has 0 saturated carbocycles. The second-order valence-electron chi connectivity index (χ2n) is 6.20. The molecule has 0 bridgehead atoms. The van der Waals surface area contributed by atoms with E-state index in [-0.39, 0.29) is 25.7 Å². The van der Waals surface area contributed by atoms with Gasteiger partial charge in [0, 0.05) is 12.6 Å². The number of halogens is 1. The highest BCUT2D eigenvalue weighted by atomic mass is 19.1. The zero-order valence-electron chi connectivity index (χ0n) is 13.6. The minimum Gasteiger partial charge on any atom is -0.390 e. The Morgan fingerprint density at radius 1 is 1.42 bits per heavy atom. The molecule has 1 aromatic rings. The van der Waals surface area contributed by atoms with Crippen molar-refractivity contribution < 1.29 is 23.7 Å². The number of rotatable bonds is 6. The summed E-state index contributed by atoms with van der Waals surface area (Å²) < 4.78 is 31.1. The van der Waals surface area contributed by atoms with E-state index in [0.717, 1.165) is 5.57 Å². The summed E-state index contributed by atoms with van der Waals surface area (Å²) in [7, 11) is 0. The maximum atomic E-state index is 14.8. The molecule has 0 amide bonds. The first-order chi connectivity index (χ1) is 11.7. The van der Waals surface area contributed by atoms with E-state index in [1.165, 1.54) is 0 Å². The van der Waals surface area contributed by atoms with E-state index in [9.17, 15) is 4.39 Å². The molecule has 24 heavy (non-hydrogen) atoms.